The zero-order chi connectivity index (χ0) is 14.6. The van der Waals surface area contributed by atoms with Gasteiger partial charge in [0.05, 0.1) is 17.3 Å². The number of H-pyrrole nitrogens is 1. The molecule has 2 rings (SSSR count). The lowest BCUT2D eigenvalue weighted by Gasteiger charge is -2.24. The van der Waals surface area contributed by atoms with E-state index >= 15 is 0 Å². The molecule has 1 aromatic carbocycles. The Labute approximate surface area is 131 Å². The van der Waals surface area contributed by atoms with E-state index in [1.54, 1.807) is 18.0 Å². The van der Waals surface area contributed by atoms with Crippen LogP contribution in [0.15, 0.2) is 35.4 Å². The largest absolute Gasteiger partial charge is 0.278 e. The summed E-state index contributed by atoms with van der Waals surface area (Å²) in [4.78, 5) is 1.11. The third-order valence-corrected chi connectivity index (χ3v) is 4.71. The minimum atomic E-state index is 0.104. The lowest BCUT2D eigenvalue weighted by molar-refractivity contribution is 0.694. The van der Waals surface area contributed by atoms with Gasteiger partial charge in [-0.1, -0.05) is 35.8 Å². The molecule has 0 bridgehead atoms. The van der Waals surface area contributed by atoms with Crippen molar-refractivity contribution < 1.29 is 0 Å². The van der Waals surface area contributed by atoms with Crippen molar-refractivity contribution in [3.63, 3.8) is 0 Å². The fourth-order valence-electron chi connectivity index (χ4n) is 1.96. The monoisotopic (exact) mass is 349 g/mol. The number of hydrogen-bond acceptors (Lipinski definition) is 3. The molecule has 0 amide bonds. The van der Waals surface area contributed by atoms with Gasteiger partial charge in [0.25, 0.3) is 0 Å². The fraction of sp³-hybridized carbons (Fsp3) is 0.333. The maximum Gasteiger partial charge on any atom is 0.0999 e. The minimum Gasteiger partial charge on any atom is -0.278 e. The van der Waals surface area contributed by atoms with Crippen molar-refractivity contribution in [3.05, 3.63) is 36.0 Å². The molecule has 0 radical (unpaired) electrons. The molecule has 0 aliphatic rings. The molecule has 2 aromatic rings. The van der Waals surface area contributed by atoms with Crippen LogP contribution in [0.4, 0.5) is 0 Å². The van der Waals surface area contributed by atoms with Crippen LogP contribution in [-0.2, 0) is 0 Å². The number of aromatic amines is 1. The van der Waals surface area contributed by atoms with Crippen molar-refractivity contribution in [2.24, 2.45) is 0 Å². The lowest BCUT2D eigenvalue weighted by atomic mass is 10.1. The first kappa shape index (κ1) is 15.1. The van der Waals surface area contributed by atoms with E-state index in [1.807, 2.05) is 18.2 Å². The lowest BCUT2D eigenvalue weighted by Crippen LogP contribution is -2.15. The van der Waals surface area contributed by atoms with E-state index in [1.165, 1.54) is 0 Å². The van der Waals surface area contributed by atoms with Gasteiger partial charge in [-0.3, -0.25) is 5.10 Å². The normalized spacial score (nSPS) is 11.3. The zero-order valence-corrected chi connectivity index (χ0v) is 13.9. The topological polar surface area (TPSA) is 52.5 Å². The summed E-state index contributed by atoms with van der Waals surface area (Å²) < 4.78 is 0.104. The van der Waals surface area contributed by atoms with Gasteiger partial charge in [-0.25, -0.2) is 0 Å². The average Bonchev–Trinajstić information content (AvgIpc) is 2.91. The quantitative estimate of drug-likeness (QED) is 0.633. The molecule has 0 unspecified atom stereocenters. The SMILES string of the molecule is CC(C)(CCBr)Sc1cccc(C#N)c1-c1ccn[nH]1. The van der Waals surface area contributed by atoms with Gasteiger partial charge in [0.2, 0.25) is 0 Å². The van der Waals surface area contributed by atoms with E-state index in [0.717, 1.165) is 27.9 Å². The number of nitriles is 1. The van der Waals surface area contributed by atoms with Crippen LogP contribution in [0.25, 0.3) is 11.3 Å². The smallest absolute Gasteiger partial charge is 0.0999 e. The van der Waals surface area contributed by atoms with E-state index in [9.17, 15) is 5.26 Å². The van der Waals surface area contributed by atoms with Gasteiger partial charge in [0.15, 0.2) is 0 Å². The van der Waals surface area contributed by atoms with Gasteiger partial charge in [0, 0.05) is 26.7 Å². The first-order valence-electron chi connectivity index (χ1n) is 6.35. The molecule has 5 heteroatoms. The highest BCUT2D eigenvalue weighted by molar-refractivity contribution is 9.09. The Morgan fingerprint density at radius 2 is 2.20 bits per heavy atom. The zero-order valence-electron chi connectivity index (χ0n) is 11.5. The number of hydrogen-bond donors (Lipinski definition) is 1. The summed E-state index contributed by atoms with van der Waals surface area (Å²) in [5, 5.41) is 17.3. The van der Waals surface area contributed by atoms with Gasteiger partial charge in [-0.05, 0) is 24.6 Å². The van der Waals surface area contributed by atoms with Crippen LogP contribution in [-0.4, -0.2) is 20.3 Å². The second kappa shape index (κ2) is 6.47. The Hall–Kier alpha value is -1.25. The van der Waals surface area contributed by atoms with Crippen LogP contribution >= 0.6 is 27.7 Å². The molecule has 20 heavy (non-hydrogen) atoms. The van der Waals surface area contributed by atoms with Crippen molar-refractivity contribution in [2.75, 3.05) is 5.33 Å². The number of rotatable bonds is 5. The van der Waals surface area contributed by atoms with E-state index in [-0.39, 0.29) is 4.75 Å². The number of thioether (sulfide) groups is 1. The van der Waals surface area contributed by atoms with Gasteiger partial charge in [0.1, 0.15) is 0 Å². The Morgan fingerprint density at radius 1 is 1.40 bits per heavy atom. The second-order valence-corrected chi connectivity index (χ2v) is 7.60. The Balaban J connectivity index is 2.46. The van der Waals surface area contributed by atoms with Crippen LogP contribution in [0, 0.1) is 11.3 Å². The van der Waals surface area contributed by atoms with Gasteiger partial charge >= 0.3 is 0 Å². The molecule has 0 saturated heterocycles. The van der Waals surface area contributed by atoms with Crippen molar-refractivity contribution in [1.82, 2.24) is 10.2 Å². The molecule has 0 atom stereocenters. The summed E-state index contributed by atoms with van der Waals surface area (Å²) in [6, 6.07) is 10.0. The highest BCUT2D eigenvalue weighted by atomic mass is 79.9. The number of alkyl halides is 1. The Bertz CT molecular complexity index is 615. The number of benzene rings is 1. The van der Waals surface area contributed by atoms with Crippen molar-refractivity contribution in [3.8, 4) is 17.3 Å². The molecule has 0 aliphatic heterocycles. The first-order valence-corrected chi connectivity index (χ1v) is 8.29. The summed E-state index contributed by atoms with van der Waals surface area (Å²) in [5.41, 5.74) is 2.51. The second-order valence-electron chi connectivity index (χ2n) is 5.06. The molecule has 1 N–H and O–H groups in total. The molecule has 104 valence electrons. The van der Waals surface area contributed by atoms with Crippen LogP contribution in [0.1, 0.15) is 25.8 Å². The number of aromatic nitrogens is 2. The van der Waals surface area contributed by atoms with E-state index in [2.05, 4.69) is 52.1 Å². The number of nitrogens with zero attached hydrogens (tertiary/aromatic N) is 2. The average molecular weight is 350 g/mol. The maximum atomic E-state index is 9.34. The third-order valence-electron chi connectivity index (χ3n) is 3.00. The Morgan fingerprint density at radius 3 is 2.80 bits per heavy atom. The first-order chi connectivity index (χ1) is 9.57. The van der Waals surface area contributed by atoms with Crippen molar-refractivity contribution in [2.45, 2.75) is 29.9 Å². The standard InChI is InChI=1S/C15H16BrN3S/c1-15(2,7-8-16)20-13-5-3-4-11(10-17)14(13)12-6-9-18-19-12/h3-6,9H,7-8H2,1-2H3,(H,18,19). The predicted octanol–water partition coefficient (Wildman–Crippen LogP) is 4.60. The Kier molecular flexibility index (Phi) is 4.90. The minimum absolute atomic E-state index is 0.104. The highest BCUT2D eigenvalue weighted by Gasteiger charge is 2.22. The van der Waals surface area contributed by atoms with Crippen LogP contribution < -0.4 is 0 Å². The molecule has 0 saturated carbocycles. The van der Waals surface area contributed by atoms with Crippen molar-refractivity contribution >= 4 is 27.7 Å². The molecule has 0 fully saturated rings. The number of nitrogens with one attached hydrogen (secondary N) is 1. The molecule has 1 heterocycles. The van der Waals surface area contributed by atoms with Gasteiger partial charge < -0.3 is 0 Å². The summed E-state index contributed by atoms with van der Waals surface area (Å²) in [6.07, 6.45) is 2.76. The summed E-state index contributed by atoms with van der Waals surface area (Å²) in [7, 11) is 0. The summed E-state index contributed by atoms with van der Waals surface area (Å²) in [5.74, 6) is 0. The summed E-state index contributed by atoms with van der Waals surface area (Å²) in [6.45, 7) is 4.43. The fourth-order valence-corrected chi connectivity index (χ4v) is 4.48. The van der Waals surface area contributed by atoms with Crippen LogP contribution in [0.3, 0.4) is 0 Å². The maximum absolute atomic E-state index is 9.34. The molecular formula is C15H16BrN3S. The molecule has 1 aromatic heterocycles. The van der Waals surface area contributed by atoms with E-state index in [4.69, 9.17) is 0 Å². The van der Waals surface area contributed by atoms with Crippen LogP contribution in [0.2, 0.25) is 0 Å². The summed E-state index contributed by atoms with van der Waals surface area (Å²) >= 11 is 5.30. The van der Waals surface area contributed by atoms with Crippen LogP contribution in [0.5, 0.6) is 0 Å². The molecule has 0 spiro atoms. The van der Waals surface area contributed by atoms with Gasteiger partial charge in [-0.2, -0.15) is 10.4 Å². The molecule has 0 aliphatic carbocycles. The highest BCUT2D eigenvalue weighted by Crippen LogP contribution is 2.41. The number of halogens is 1. The molecular weight excluding hydrogens is 334 g/mol. The molecule has 3 nitrogen and oxygen atoms in total. The predicted molar refractivity (Wildman–Crippen MR) is 87.1 cm³/mol. The van der Waals surface area contributed by atoms with E-state index < -0.39 is 0 Å². The van der Waals surface area contributed by atoms with E-state index in [0.29, 0.717) is 5.56 Å². The van der Waals surface area contributed by atoms with Crippen molar-refractivity contribution in [1.29, 1.82) is 5.26 Å². The van der Waals surface area contributed by atoms with Gasteiger partial charge in [-0.15, -0.1) is 11.8 Å². The third kappa shape index (κ3) is 3.44.